The van der Waals surface area contributed by atoms with Gasteiger partial charge in [0.15, 0.2) is 0 Å². The quantitative estimate of drug-likeness (QED) is 0.860. The summed E-state index contributed by atoms with van der Waals surface area (Å²) in [5.74, 6) is -0.941. The van der Waals surface area contributed by atoms with Crippen LogP contribution in [0.4, 0.5) is 4.79 Å². The first-order valence-corrected chi connectivity index (χ1v) is 9.47. The summed E-state index contributed by atoms with van der Waals surface area (Å²) in [6, 6.07) is 10.9. The average Bonchev–Trinajstić information content (AvgIpc) is 3.10. The fraction of sp³-hybridized carbons (Fsp3) is 0.600. The summed E-state index contributed by atoms with van der Waals surface area (Å²) in [4.78, 5) is 25.7. The van der Waals surface area contributed by atoms with Crippen molar-refractivity contribution in [3.8, 4) is 0 Å². The van der Waals surface area contributed by atoms with Crippen LogP contribution in [-0.2, 0) is 11.2 Å². The summed E-state index contributed by atoms with van der Waals surface area (Å²) in [6.45, 7) is 0.829. The number of carboxylic acids is 1. The van der Waals surface area contributed by atoms with Gasteiger partial charge in [0, 0.05) is 18.6 Å². The van der Waals surface area contributed by atoms with Crippen molar-refractivity contribution in [2.75, 3.05) is 6.54 Å². The predicted octanol–water partition coefficient (Wildman–Crippen LogP) is 3.44. The topological polar surface area (TPSA) is 69.6 Å². The van der Waals surface area contributed by atoms with Gasteiger partial charge in [0.05, 0.1) is 5.92 Å². The van der Waals surface area contributed by atoms with E-state index in [4.69, 9.17) is 5.11 Å². The summed E-state index contributed by atoms with van der Waals surface area (Å²) >= 11 is 0. The maximum atomic E-state index is 12.6. The molecule has 0 bridgehead atoms. The number of aliphatic carboxylic acids is 1. The number of rotatable bonds is 5. The lowest BCUT2D eigenvalue weighted by Crippen LogP contribution is -2.48. The highest BCUT2D eigenvalue weighted by atomic mass is 16.4. The molecule has 2 aliphatic rings. The highest BCUT2D eigenvalue weighted by molar-refractivity contribution is 5.75. The van der Waals surface area contributed by atoms with Crippen molar-refractivity contribution < 1.29 is 14.7 Å². The lowest BCUT2D eigenvalue weighted by atomic mass is 9.86. The third-order valence-electron chi connectivity index (χ3n) is 5.65. The molecule has 2 amide bonds. The van der Waals surface area contributed by atoms with Gasteiger partial charge in [0.2, 0.25) is 0 Å². The zero-order chi connectivity index (χ0) is 17.6. The Hall–Kier alpha value is -2.04. The lowest BCUT2D eigenvalue weighted by Gasteiger charge is -2.31. The molecule has 136 valence electrons. The SMILES string of the molecule is O=C(O)C1CCC(NC(=O)N2CCCC2CCc2ccccc2)CC1. The van der Waals surface area contributed by atoms with E-state index in [0.717, 1.165) is 45.1 Å². The van der Waals surface area contributed by atoms with Crippen LogP contribution >= 0.6 is 0 Å². The van der Waals surface area contributed by atoms with Crippen molar-refractivity contribution in [1.82, 2.24) is 10.2 Å². The third-order valence-corrected chi connectivity index (χ3v) is 5.65. The van der Waals surface area contributed by atoms with Gasteiger partial charge in [-0.15, -0.1) is 0 Å². The number of nitrogens with one attached hydrogen (secondary N) is 1. The highest BCUT2D eigenvalue weighted by Crippen LogP contribution is 2.26. The smallest absolute Gasteiger partial charge is 0.317 e. The molecule has 0 aromatic heterocycles. The minimum absolute atomic E-state index is 0.0364. The first kappa shape index (κ1) is 17.8. The van der Waals surface area contributed by atoms with Crippen molar-refractivity contribution >= 4 is 12.0 Å². The van der Waals surface area contributed by atoms with E-state index < -0.39 is 5.97 Å². The van der Waals surface area contributed by atoms with E-state index in [2.05, 4.69) is 29.6 Å². The first-order chi connectivity index (χ1) is 12.1. The number of hydrogen-bond donors (Lipinski definition) is 2. The Morgan fingerprint density at radius 3 is 2.48 bits per heavy atom. The lowest BCUT2D eigenvalue weighted by molar-refractivity contribution is -0.142. The van der Waals surface area contributed by atoms with Crippen LogP contribution in [0.25, 0.3) is 0 Å². The van der Waals surface area contributed by atoms with Gasteiger partial charge in [0.1, 0.15) is 0 Å². The van der Waals surface area contributed by atoms with Crippen molar-refractivity contribution in [2.24, 2.45) is 5.92 Å². The number of urea groups is 1. The highest BCUT2D eigenvalue weighted by Gasteiger charge is 2.31. The van der Waals surface area contributed by atoms with Gasteiger partial charge in [-0.05, 0) is 56.9 Å². The second-order valence-electron chi connectivity index (χ2n) is 7.35. The molecule has 0 radical (unpaired) electrons. The predicted molar refractivity (Wildman–Crippen MR) is 96.4 cm³/mol. The molecule has 5 heteroatoms. The Morgan fingerprint density at radius 2 is 1.80 bits per heavy atom. The molecule has 1 atom stereocenters. The van der Waals surface area contributed by atoms with E-state index >= 15 is 0 Å². The maximum absolute atomic E-state index is 12.6. The molecule has 25 heavy (non-hydrogen) atoms. The number of carbonyl (C=O) groups excluding carboxylic acids is 1. The molecule has 1 aromatic carbocycles. The second kappa shape index (κ2) is 8.37. The molecule has 1 aromatic rings. The summed E-state index contributed by atoms with van der Waals surface area (Å²) in [6.07, 6.45) is 7.01. The molecular weight excluding hydrogens is 316 g/mol. The van der Waals surface area contributed by atoms with Crippen LogP contribution < -0.4 is 5.32 Å². The van der Waals surface area contributed by atoms with E-state index in [-0.39, 0.29) is 18.0 Å². The number of aryl methyl sites for hydroxylation is 1. The van der Waals surface area contributed by atoms with Crippen LogP contribution in [0.2, 0.25) is 0 Å². The van der Waals surface area contributed by atoms with Crippen LogP contribution in [0.1, 0.15) is 50.5 Å². The van der Waals surface area contributed by atoms with Gasteiger partial charge < -0.3 is 15.3 Å². The van der Waals surface area contributed by atoms with Gasteiger partial charge in [0.25, 0.3) is 0 Å². The minimum Gasteiger partial charge on any atom is -0.481 e. The van der Waals surface area contributed by atoms with Gasteiger partial charge in [-0.25, -0.2) is 4.79 Å². The third kappa shape index (κ3) is 4.74. The van der Waals surface area contributed by atoms with Crippen LogP contribution in [0, 0.1) is 5.92 Å². The number of hydrogen-bond acceptors (Lipinski definition) is 2. The number of nitrogens with zero attached hydrogens (tertiary/aromatic N) is 1. The summed E-state index contributed by atoms with van der Waals surface area (Å²) in [5, 5.41) is 12.2. The van der Waals surface area contributed by atoms with Crippen LogP contribution in [-0.4, -0.2) is 40.6 Å². The van der Waals surface area contributed by atoms with Gasteiger partial charge >= 0.3 is 12.0 Å². The molecule has 1 saturated heterocycles. The molecule has 1 aliphatic carbocycles. The standard InChI is InChI=1S/C20H28N2O3/c23-19(24)16-9-11-17(12-10-16)21-20(25)22-14-4-7-18(22)13-8-15-5-2-1-3-6-15/h1-3,5-6,16-18H,4,7-14H2,(H,21,25)(H,23,24). The molecule has 3 rings (SSSR count). The zero-order valence-electron chi connectivity index (χ0n) is 14.7. The van der Waals surface area contributed by atoms with Crippen LogP contribution in [0.5, 0.6) is 0 Å². The van der Waals surface area contributed by atoms with Gasteiger partial charge in [-0.2, -0.15) is 0 Å². The fourth-order valence-corrected chi connectivity index (χ4v) is 4.12. The van der Waals surface area contributed by atoms with Crippen molar-refractivity contribution in [3.05, 3.63) is 35.9 Å². The zero-order valence-corrected chi connectivity index (χ0v) is 14.7. The molecule has 5 nitrogen and oxygen atoms in total. The fourth-order valence-electron chi connectivity index (χ4n) is 4.12. The summed E-state index contributed by atoms with van der Waals surface area (Å²) < 4.78 is 0. The number of likely N-dealkylation sites (tertiary alicyclic amines) is 1. The van der Waals surface area contributed by atoms with Crippen molar-refractivity contribution in [1.29, 1.82) is 0 Å². The molecule has 2 N–H and O–H groups in total. The normalized spacial score (nSPS) is 26.4. The van der Waals surface area contributed by atoms with Gasteiger partial charge in [-0.3, -0.25) is 4.79 Å². The van der Waals surface area contributed by atoms with Crippen LogP contribution in [0.3, 0.4) is 0 Å². The number of carbonyl (C=O) groups is 2. The Balaban J connectivity index is 1.47. The molecule has 1 unspecified atom stereocenters. The molecule has 1 saturated carbocycles. The molecule has 0 spiro atoms. The van der Waals surface area contributed by atoms with E-state index in [1.54, 1.807) is 0 Å². The van der Waals surface area contributed by atoms with Gasteiger partial charge in [-0.1, -0.05) is 30.3 Å². The van der Waals surface area contributed by atoms with Crippen LogP contribution in [0.15, 0.2) is 30.3 Å². The average molecular weight is 344 g/mol. The summed E-state index contributed by atoms with van der Waals surface area (Å²) in [7, 11) is 0. The van der Waals surface area contributed by atoms with E-state index in [1.165, 1.54) is 5.56 Å². The van der Waals surface area contributed by atoms with E-state index in [9.17, 15) is 9.59 Å². The minimum atomic E-state index is -0.703. The number of amides is 2. The number of benzene rings is 1. The number of carboxylic acid groups (broad SMARTS) is 1. The Morgan fingerprint density at radius 1 is 1.08 bits per heavy atom. The van der Waals surface area contributed by atoms with Crippen molar-refractivity contribution in [3.63, 3.8) is 0 Å². The largest absolute Gasteiger partial charge is 0.481 e. The first-order valence-electron chi connectivity index (χ1n) is 9.47. The molecular formula is C20H28N2O3. The Labute approximate surface area is 149 Å². The van der Waals surface area contributed by atoms with Crippen molar-refractivity contribution in [2.45, 2.75) is 63.5 Å². The van der Waals surface area contributed by atoms with E-state index in [1.807, 2.05) is 11.0 Å². The monoisotopic (exact) mass is 344 g/mol. The Kier molecular flexibility index (Phi) is 5.95. The second-order valence-corrected chi connectivity index (χ2v) is 7.35. The molecule has 1 heterocycles. The molecule has 1 aliphatic heterocycles. The Bertz CT molecular complexity index is 582. The summed E-state index contributed by atoms with van der Waals surface area (Å²) in [5.41, 5.74) is 1.32. The molecule has 2 fully saturated rings. The maximum Gasteiger partial charge on any atom is 0.317 e. The van der Waals surface area contributed by atoms with E-state index in [0.29, 0.717) is 18.9 Å².